The molecule has 92 valence electrons. The summed E-state index contributed by atoms with van der Waals surface area (Å²) in [5.74, 6) is 0. The Morgan fingerprint density at radius 2 is 2.06 bits per heavy atom. The molecule has 0 fully saturated rings. The molecule has 1 aliphatic carbocycles. The van der Waals surface area contributed by atoms with Crippen molar-refractivity contribution < 1.29 is 0 Å². The molecular formula is C13H16Cl2N2. The second-order valence-corrected chi connectivity index (χ2v) is 5.22. The molecule has 1 heterocycles. The van der Waals surface area contributed by atoms with Crippen LogP contribution in [0.15, 0.2) is 23.9 Å². The minimum Gasteiger partial charge on any atom is -0.319 e. The molecule has 0 amide bonds. The van der Waals surface area contributed by atoms with Gasteiger partial charge in [-0.15, -0.1) is 0 Å². The molecule has 4 heteroatoms. The summed E-state index contributed by atoms with van der Waals surface area (Å²) < 4.78 is 0. The van der Waals surface area contributed by atoms with E-state index in [4.69, 9.17) is 28.9 Å². The van der Waals surface area contributed by atoms with E-state index in [-0.39, 0.29) is 6.04 Å². The minimum absolute atomic E-state index is 0.196. The zero-order chi connectivity index (χ0) is 12.3. The largest absolute Gasteiger partial charge is 0.319 e. The molecule has 2 rings (SSSR count). The summed E-state index contributed by atoms with van der Waals surface area (Å²) >= 11 is 12.0. The topological polar surface area (TPSA) is 38.9 Å². The van der Waals surface area contributed by atoms with Crippen molar-refractivity contribution in [3.05, 3.63) is 39.7 Å². The summed E-state index contributed by atoms with van der Waals surface area (Å²) in [7, 11) is 0. The zero-order valence-corrected chi connectivity index (χ0v) is 11.1. The maximum atomic E-state index is 6.23. The van der Waals surface area contributed by atoms with Crippen LogP contribution < -0.4 is 5.73 Å². The fourth-order valence-corrected chi connectivity index (χ4v) is 2.65. The maximum Gasteiger partial charge on any atom is 0.0799 e. The highest BCUT2D eigenvalue weighted by atomic mass is 35.5. The third-order valence-corrected chi connectivity index (χ3v) is 3.62. The summed E-state index contributed by atoms with van der Waals surface area (Å²) in [6.45, 7) is 0. The van der Waals surface area contributed by atoms with E-state index in [0.717, 1.165) is 18.5 Å². The predicted octanol–water partition coefficient (Wildman–Crippen LogP) is 4.28. The molecule has 1 aliphatic rings. The van der Waals surface area contributed by atoms with Gasteiger partial charge in [0.2, 0.25) is 0 Å². The number of nitrogens with two attached hydrogens (primary N) is 1. The number of hydrogen-bond donors (Lipinski definition) is 1. The van der Waals surface area contributed by atoms with Gasteiger partial charge in [0.15, 0.2) is 0 Å². The molecule has 0 saturated carbocycles. The van der Waals surface area contributed by atoms with E-state index in [1.807, 2.05) is 0 Å². The monoisotopic (exact) mass is 270 g/mol. The molecule has 0 aromatic carbocycles. The van der Waals surface area contributed by atoms with Gasteiger partial charge in [-0.25, -0.2) is 0 Å². The van der Waals surface area contributed by atoms with Crippen LogP contribution in [0.5, 0.6) is 0 Å². The first-order valence-electron chi connectivity index (χ1n) is 5.94. The van der Waals surface area contributed by atoms with E-state index in [9.17, 15) is 0 Å². The average Bonchev–Trinajstić information content (AvgIpc) is 2.56. The minimum atomic E-state index is -0.196. The van der Waals surface area contributed by atoms with E-state index in [2.05, 4.69) is 11.1 Å². The van der Waals surface area contributed by atoms with Crippen molar-refractivity contribution >= 4 is 23.2 Å². The number of rotatable bonds is 2. The molecule has 2 N–H and O–H groups in total. The number of halogens is 2. The Balaban J connectivity index is 2.23. The first kappa shape index (κ1) is 12.9. The van der Waals surface area contributed by atoms with Crippen LogP contribution >= 0.6 is 23.2 Å². The lowest BCUT2D eigenvalue weighted by Gasteiger charge is -2.16. The molecule has 0 spiro atoms. The van der Waals surface area contributed by atoms with E-state index >= 15 is 0 Å². The molecule has 0 aliphatic heterocycles. The lowest BCUT2D eigenvalue weighted by molar-refractivity contribution is 0.682. The van der Waals surface area contributed by atoms with Crippen molar-refractivity contribution in [2.45, 2.75) is 38.1 Å². The van der Waals surface area contributed by atoms with Crippen molar-refractivity contribution in [1.29, 1.82) is 0 Å². The quantitative estimate of drug-likeness (QED) is 0.815. The Morgan fingerprint density at radius 3 is 2.82 bits per heavy atom. The molecule has 17 heavy (non-hydrogen) atoms. The maximum absolute atomic E-state index is 6.23. The number of allylic oxidation sites excluding steroid dienone is 1. The molecule has 1 aromatic rings. The standard InChI is InChI=1S/C13H16Cl2N2/c14-10-7-11(15)13(17-8-10)12(16)9-5-3-1-2-4-6-9/h5,7-8,12H,1-4,6,16H2. The highest BCUT2D eigenvalue weighted by Crippen LogP contribution is 2.30. The lowest BCUT2D eigenvalue weighted by Crippen LogP contribution is -2.15. The fraction of sp³-hybridized carbons (Fsp3) is 0.462. The summed E-state index contributed by atoms with van der Waals surface area (Å²) in [6, 6.07) is 1.50. The van der Waals surface area contributed by atoms with Gasteiger partial charge in [0.05, 0.1) is 21.8 Å². The molecule has 2 nitrogen and oxygen atoms in total. The van der Waals surface area contributed by atoms with Crippen molar-refractivity contribution in [1.82, 2.24) is 4.98 Å². The Hall–Kier alpha value is -0.570. The van der Waals surface area contributed by atoms with Crippen LogP contribution in [0.25, 0.3) is 0 Å². The van der Waals surface area contributed by atoms with Gasteiger partial charge >= 0.3 is 0 Å². The van der Waals surface area contributed by atoms with Crippen molar-refractivity contribution in [2.75, 3.05) is 0 Å². The predicted molar refractivity (Wildman–Crippen MR) is 72.4 cm³/mol. The highest BCUT2D eigenvalue weighted by molar-refractivity contribution is 6.34. The van der Waals surface area contributed by atoms with Crippen LogP contribution in [0.1, 0.15) is 43.8 Å². The summed E-state index contributed by atoms with van der Waals surface area (Å²) in [4.78, 5) is 4.25. The molecule has 1 aromatic heterocycles. The SMILES string of the molecule is NC(C1=CCCCCC1)c1ncc(Cl)cc1Cl. The number of nitrogens with zero attached hydrogens (tertiary/aromatic N) is 1. The Labute approximate surface area is 112 Å². The van der Waals surface area contributed by atoms with Gasteiger partial charge in [-0.3, -0.25) is 4.98 Å². The van der Waals surface area contributed by atoms with Crippen molar-refractivity contribution in [2.24, 2.45) is 5.73 Å². The molecule has 0 bridgehead atoms. The van der Waals surface area contributed by atoms with E-state index < -0.39 is 0 Å². The summed E-state index contributed by atoms with van der Waals surface area (Å²) in [5.41, 5.74) is 8.21. The van der Waals surface area contributed by atoms with E-state index in [1.54, 1.807) is 12.3 Å². The highest BCUT2D eigenvalue weighted by Gasteiger charge is 2.17. The van der Waals surface area contributed by atoms with Crippen molar-refractivity contribution in [3.63, 3.8) is 0 Å². The van der Waals surface area contributed by atoms with E-state index in [1.165, 1.54) is 24.8 Å². The van der Waals surface area contributed by atoms with Crippen LogP contribution in [0.3, 0.4) is 0 Å². The smallest absolute Gasteiger partial charge is 0.0799 e. The van der Waals surface area contributed by atoms with Crippen LogP contribution in [-0.2, 0) is 0 Å². The van der Waals surface area contributed by atoms with Crippen LogP contribution in [0.4, 0.5) is 0 Å². The molecular weight excluding hydrogens is 255 g/mol. The summed E-state index contributed by atoms with van der Waals surface area (Å²) in [5, 5.41) is 1.09. The average molecular weight is 271 g/mol. The Morgan fingerprint density at radius 1 is 1.24 bits per heavy atom. The van der Waals surface area contributed by atoms with Crippen LogP contribution in [0.2, 0.25) is 10.0 Å². The van der Waals surface area contributed by atoms with E-state index in [0.29, 0.717) is 10.0 Å². The summed E-state index contributed by atoms with van der Waals surface area (Å²) in [6.07, 6.45) is 9.71. The number of aromatic nitrogens is 1. The van der Waals surface area contributed by atoms with Gasteiger partial charge in [0.25, 0.3) is 0 Å². The second-order valence-electron chi connectivity index (χ2n) is 4.38. The van der Waals surface area contributed by atoms with Gasteiger partial charge < -0.3 is 5.73 Å². The zero-order valence-electron chi connectivity index (χ0n) is 9.63. The first-order chi connectivity index (χ1) is 8.18. The normalized spacial score (nSPS) is 18.4. The number of hydrogen-bond acceptors (Lipinski definition) is 2. The van der Waals surface area contributed by atoms with Gasteiger partial charge in [0, 0.05) is 6.20 Å². The molecule has 1 atom stereocenters. The second kappa shape index (κ2) is 5.85. The lowest BCUT2D eigenvalue weighted by atomic mass is 9.99. The third kappa shape index (κ3) is 3.21. The van der Waals surface area contributed by atoms with Crippen LogP contribution in [0, 0.1) is 0 Å². The van der Waals surface area contributed by atoms with Gasteiger partial charge in [-0.2, -0.15) is 0 Å². The van der Waals surface area contributed by atoms with Gasteiger partial charge in [-0.1, -0.05) is 41.3 Å². The Kier molecular flexibility index (Phi) is 4.43. The van der Waals surface area contributed by atoms with Crippen molar-refractivity contribution in [3.8, 4) is 0 Å². The van der Waals surface area contributed by atoms with Gasteiger partial charge in [0.1, 0.15) is 0 Å². The Bertz CT molecular complexity index is 429. The van der Waals surface area contributed by atoms with Crippen LogP contribution in [-0.4, -0.2) is 4.98 Å². The first-order valence-corrected chi connectivity index (χ1v) is 6.69. The van der Waals surface area contributed by atoms with Gasteiger partial charge in [-0.05, 0) is 31.7 Å². The third-order valence-electron chi connectivity index (χ3n) is 3.11. The number of pyridine rings is 1. The molecule has 1 unspecified atom stereocenters. The molecule has 0 radical (unpaired) electrons. The fourth-order valence-electron chi connectivity index (χ4n) is 2.15. The molecule has 0 saturated heterocycles.